The summed E-state index contributed by atoms with van der Waals surface area (Å²) in [5.74, 6) is 0. The van der Waals surface area contributed by atoms with E-state index in [-0.39, 0.29) is 0 Å². The lowest BCUT2D eigenvalue weighted by atomic mass is 9.96. The minimum Gasteiger partial charge on any atom is -0.312 e. The highest BCUT2D eigenvalue weighted by molar-refractivity contribution is 4.87. The third-order valence-electron chi connectivity index (χ3n) is 4.10. The second-order valence-corrected chi connectivity index (χ2v) is 5.36. The Morgan fingerprint density at radius 1 is 1.20 bits per heavy atom. The molecule has 3 unspecified atom stereocenters. The number of piperidine rings is 1. The predicted octanol–water partition coefficient (Wildman–Crippen LogP) is 0.763. The monoisotopic (exact) mass is 211 g/mol. The summed E-state index contributed by atoms with van der Waals surface area (Å²) >= 11 is 0. The van der Waals surface area contributed by atoms with Gasteiger partial charge in [-0.1, -0.05) is 0 Å². The molecule has 88 valence electrons. The van der Waals surface area contributed by atoms with Crippen LogP contribution in [0.25, 0.3) is 0 Å². The first kappa shape index (κ1) is 11.4. The molecule has 0 bridgehead atoms. The van der Waals surface area contributed by atoms with E-state index in [1.165, 1.54) is 39.0 Å². The van der Waals surface area contributed by atoms with Gasteiger partial charge in [0.2, 0.25) is 0 Å². The van der Waals surface area contributed by atoms with Gasteiger partial charge in [0.15, 0.2) is 0 Å². The topological polar surface area (TPSA) is 18.5 Å². The first-order valence-electron chi connectivity index (χ1n) is 6.34. The van der Waals surface area contributed by atoms with Crippen LogP contribution in [0.5, 0.6) is 0 Å². The molecule has 0 aromatic rings. The van der Waals surface area contributed by atoms with Crippen molar-refractivity contribution in [1.82, 2.24) is 15.1 Å². The van der Waals surface area contributed by atoms with Gasteiger partial charge < -0.3 is 10.2 Å². The van der Waals surface area contributed by atoms with E-state index in [0.29, 0.717) is 6.04 Å². The highest BCUT2D eigenvalue weighted by Gasteiger charge is 2.29. The van der Waals surface area contributed by atoms with Crippen molar-refractivity contribution in [1.29, 1.82) is 0 Å². The molecule has 2 fully saturated rings. The third kappa shape index (κ3) is 2.71. The predicted molar refractivity (Wildman–Crippen MR) is 64.2 cm³/mol. The van der Waals surface area contributed by atoms with Crippen LogP contribution in [0.3, 0.4) is 0 Å². The Kier molecular flexibility index (Phi) is 3.65. The maximum atomic E-state index is 3.52. The van der Waals surface area contributed by atoms with Gasteiger partial charge >= 0.3 is 0 Å². The van der Waals surface area contributed by atoms with E-state index >= 15 is 0 Å². The molecule has 3 heteroatoms. The van der Waals surface area contributed by atoms with E-state index in [1.54, 1.807) is 0 Å². The van der Waals surface area contributed by atoms with Gasteiger partial charge in [0.25, 0.3) is 0 Å². The van der Waals surface area contributed by atoms with Gasteiger partial charge in [-0.05, 0) is 40.3 Å². The molecule has 2 aliphatic heterocycles. The summed E-state index contributed by atoms with van der Waals surface area (Å²) in [5.41, 5.74) is 0. The summed E-state index contributed by atoms with van der Waals surface area (Å²) in [4.78, 5) is 5.19. The van der Waals surface area contributed by atoms with Crippen LogP contribution in [-0.2, 0) is 0 Å². The highest BCUT2D eigenvalue weighted by atomic mass is 15.2. The van der Waals surface area contributed by atoms with Crippen LogP contribution in [0.15, 0.2) is 0 Å². The molecule has 0 aromatic heterocycles. The number of nitrogens with zero attached hydrogens (tertiary/aromatic N) is 2. The van der Waals surface area contributed by atoms with Gasteiger partial charge in [-0.3, -0.25) is 4.90 Å². The smallest absolute Gasteiger partial charge is 0.0167 e. The largest absolute Gasteiger partial charge is 0.312 e. The summed E-state index contributed by atoms with van der Waals surface area (Å²) in [6, 6.07) is 2.27. The lowest BCUT2D eigenvalue weighted by Gasteiger charge is -2.43. The van der Waals surface area contributed by atoms with Crippen molar-refractivity contribution in [3.05, 3.63) is 0 Å². The van der Waals surface area contributed by atoms with Crippen LogP contribution in [-0.4, -0.2) is 61.2 Å². The SMILES string of the molecule is CC1CN(C2CCN(C)C(C)C2)CCN1. The molecule has 0 radical (unpaired) electrons. The van der Waals surface area contributed by atoms with Crippen LogP contribution < -0.4 is 5.32 Å². The minimum atomic E-state index is 0.675. The Bertz CT molecular complexity index is 207. The first-order chi connectivity index (χ1) is 7.16. The van der Waals surface area contributed by atoms with Crippen molar-refractivity contribution in [2.24, 2.45) is 0 Å². The zero-order chi connectivity index (χ0) is 10.8. The zero-order valence-corrected chi connectivity index (χ0v) is 10.4. The van der Waals surface area contributed by atoms with Crippen molar-refractivity contribution in [3.8, 4) is 0 Å². The van der Waals surface area contributed by atoms with Crippen molar-refractivity contribution < 1.29 is 0 Å². The summed E-state index contributed by atoms with van der Waals surface area (Å²) in [5, 5.41) is 3.52. The van der Waals surface area contributed by atoms with E-state index in [4.69, 9.17) is 0 Å². The molecule has 15 heavy (non-hydrogen) atoms. The summed E-state index contributed by atoms with van der Waals surface area (Å²) in [6.07, 6.45) is 2.71. The van der Waals surface area contributed by atoms with Crippen molar-refractivity contribution >= 4 is 0 Å². The van der Waals surface area contributed by atoms with Gasteiger partial charge in [0.1, 0.15) is 0 Å². The molecule has 2 aliphatic rings. The number of rotatable bonds is 1. The quantitative estimate of drug-likeness (QED) is 0.691. The number of hydrogen-bond acceptors (Lipinski definition) is 3. The van der Waals surface area contributed by atoms with Gasteiger partial charge in [-0.15, -0.1) is 0 Å². The molecule has 2 saturated heterocycles. The van der Waals surface area contributed by atoms with Crippen molar-refractivity contribution in [3.63, 3.8) is 0 Å². The van der Waals surface area contributed by atoms with Gasteiger partial charge in [0.05, 0.1) is 0 Å². The number of piperazine rings is 1. The van der Waals surface area contributed by atoms with E-state index < -0.39 is 0 Å². The Hall–Kier alpha value is -0.120. The molecule has 0 amide bonds. The minimum absolute atomic E-state index is 0.675. The molecule has 0 saturated carbocycles. The Morgan fingerprint density at radius 2 is 2.00 bits per heavy atom. The fourth-order valence-corrected chi connectivity index (χ4v) is 2.89. The average molecular weight is 211 g/mol. The fraction of sp³-hybridized carbons (Fsp3) is 1.00. The van der Waals surface area contributed by atoms with Crippen LogP contribution in [0, 0.1) is 0 Å². The molecule has 2 heterocycles. The zero-order valence-electron chi connectivity index (χ0n) is 10.4. The summed E-state index contributed by atoms with van der Waals surface area (Å²) in [6.45, 7) is 9.57. The van der Waals surface area contributed by atoms with Crippen LogP contribution in [0.4, 0.5) is 0 Å². The molecular weight excluding hydrogens is 186 g/mol. The van der Waals surface area contributed by atoms with E-state index in [9.17, 15) is 0 Å². The standard InChI is InChI=1S/C12H25N3/c1-10-9-15(7-5-13-10)12-4-6-14(3)11(2)8-12/h10-13H,4-9H2,1-3H3. The third-order valence-corrected chi connectivity index (χ3v) is 4.10. The maximum Gasteiger partial charge on any atom is 0.0167 e. The molecular formula is C12H25N3. The van der Waals surface area contributed by atoms with Crippen LogP contribution in [0.1, 0.15) is 26.7 Å². The molecule has 1 N–H and O–H groups in total. The summed E-state index contributed by atoms with van der Waals surface area (Å²) < 4.78 is 0. The normalized spacial score (nSPS) is 40.6. The molecule has 0 aliphatic carbocycles. The number of likely N-dealkylation sites (tertiary alicyclic amines) is 1. The second-order valence-electron chi connectivity index (χ2n) is 5.36. The summed E-state index contributed by atoms with van der Waals surface area (Å²) in [7, 11) is 2.25. The first-order valence-corrected chi connectivity index (χ1v) is 6.34. The van der Waals surface area contributed by atoms with Gasteiger partial charge in [-0.25, -0.2) is 0 Å². The molecule has 2 rings (SSSR count). The lowest BCUT2D eigenvalue weighted by Crippen LogP contribution is -2.56. The van der Waals surface area contributed by atoms with Crippen molar-refractivity contribution in [2.45, 2.75) is 44.8 Å². The van der Waals surface area contributed by atoms with E-state index in [0.717, 1.165) is 12.1 Å². The molecule has 3 atom stereocenters. The van der Waals surface area contributed by atoms with E-state index in [1.807, 2.05) is 0 Å². The van der Waals surface area contributed by atoms with Crippen molar-refractivity contribution in [2.75, 3.05) is 33.2 Å². The fourth-order valence-electron chi connectivity index (χ4n) is 2.89. The van der Waals surface area contributed by atoms with Gasteiger partial charge in [-0.2, -0.15) is 0 Å². The Balaban J connectivity index is 1.87. The van der Waals surface area contributed by atoms with Gasteiger partial charge in [0, 0.05) is 37.8 Å². The number of hydrogen-bond donors (Lipinski definition) is 1. The Morgan fingerprint density at radius 3 is 2.67 bits per heavy atom. The second kappa shape index (κ2) is 4.81. The molecule has 0 aromatic carbocycles. The van der Waals surface area contributed by atoms with Crippen LogP contribution >= 0.6 is 0 Å². The molecule has 0 spiro atoms. The average Bonchev–Trinajstić information content (AvgIpc) is 2.22. The highest BCUT2D eigenvalue weighted by Crippen LogP contribution is 2.21. The maximum absolute atomic E-state index is 3.52. The van der Waals surface area contributed by atoms with E-state index in [2.05, 4.69) is 36.0 Å². The Labute approximate surface area is 93.8 Å². The molecule has 3 nitrogen and oxygen atoms in total. The lowest BCUT2D eigenvalue weighted by molar-refractivity contribution is 0.0694. The number of nitrogens with one attached hydrogen (secondary N) is 1. The van der Waals surface area contributed by atoms with Crippen LogP contribution in [0.2, 0.25) is 0 Å².